The Bertz CT molecular complexity index is 1070. The maximum Gasteiger partial charge on any atom is 0.252 e. The third kappa shape index (κ3) is 5.24. The molecule has 8 nitrogen and oxygen atoms in total. The highest BCUT2D eigenvalue weighted by Gasteiger charge is 2.34. The highest BCUT2D eigenvalue weighted by Crippen LogP contribution is 2.28. The summed E-state index contributed by atoms with van der Waals surface area (Å²) in [6, 6.07) is 11.4. The van der Waals surface area contributed by atoms with Crippen LogP contribution in [0.4, 0.5) is 0 Å². The van der Waals surface area contributed by atoms with Gasteiger partial charge < -0.3 is 15.8 Å². The van der Waals surface area contributed by atoms with Crippen LogP contribution < -0.4 is 11.1 Å². The summed E-state index contributed by atoms with van der Waals surface area (Å²) in [5.74, 6) is -1.39. The van der Waals surface area contributed by atoms with Crippen molar-refractivity contribution in [2.45, 2.75) is 37.0 Å². The van der Waals surface area contributed by atoms with E-state index in [1.54, 1.807) is 44.2 Å². The minimum atomic E-state index is -3.96. The Kier molecular flexibility index (Phi) is 7.00. The van der Waals surface area contributed by atoms with Crippen molar-refractivity contribution in [1.29, 1.82) is 0 Å². The third-order valence-corrected chi connectivity index (χ3v) is 7.20. The van der Waals surface area contributed by atoms with Gasteiger partial charge in [-0.3, -0.25) is 9.59 Å². The van der Waals surface area contributed by atoms with Gasteiger partial charge in [-0.15, -0.1) is 0 Å². The molecule has 3 atom stereocenters. The van der Waals surface area contributed by atoms with Gasteiger partial charge in [0.25, 0.3) is 5.91 Å². The average Bonchev–Trinajstić information content (AvgIpc) is 2.71. The Morgan fingerprint density at radius 3 is 2.32 bits per heavy atom. The quantitative estimate of drug-likeness (QED) is 0.677. The minimum absolute atomic E-state index is 0.00198. The fraction of sp³-hybridized carbons (Fsp3) is 0.333. The number of hydrogen-bond acceptors (Lipinski definition) is 5. The lowest BCUT2D eigenvalue weighted by molar-refractivity contribution is -0.120. The van der Waals surface area contributed by atoms with Crippen LogP contribution in [0.15, 0.2) is 53.4 Å². The van der Waals surface area contributed by atoms with Crippen molar-refractivity contribution in [1.82, 2.24) is 9.62 Å². The smallest absolute Gasteiger partial charge is 0.252 e. The molecule has 0 spiro atoms. The molecule has 3 rings (SSSR count). The monoisotopic (exact) mass is 465 g/mol. The van der Waals surface area contributed by atoms with Gasteiger partial charge >= 0.3 is 0 Å². The van der Waals surface area contributed by atoms with Gasteiger partial charge in [0.1, 0.15) is 10.9 Å². The molecule has 1 aliphatic rings. The summed E-state index contributed by atoms with van der Waals surface area (Å²) >= 11 is 6.19. The van der Waals surface area contributed by atoms with E-state index in [4.69, 9.17) is 22.1 Å². The van der Waals surface area contributed by atoms with Crippen molar-refractivity contribution in [3.63, 3.8) is 0 Å². The van der Waals surface area contributed by atoms with Crippen LogP contribution in [-0.4, -0.2) is 49.8 Å². The molecule has 1 heterocycles. The molecule has 0 bridgehead atoms. The number of carbonyl (C=O) groups excluding carboxylic acids is 2. The van der Waals surface area contributed by atoms with Crippen molar-refractivity contribution in [2.24, 2.45) is 5.73 Å². The number of nitrogens with two attached hydrogens (primary N) is 1. The summed E-state index contributed by atoms with van der Waals surface area (Å²) in [7, 11) is -3.96. The van der Waals surface area contributed by atoms with E-state index in [0.717, 1.165) is 0 Å². The molecule has 0 saturated carbocycles. The molecule has 1 fully saturated rings. The molecule has 0 aliphatic carbocycles. The Morgan fingerprint density at radius 1 is 1.13 bits per heavy atom. The Labute approximate surface area is 186 Å². The molecule has 2 aromatic rings. The van der Waals surface area contributed by atoms with Gasteiger partial charge in [-0.2, -0.15) is 4.31 Å². The van der Waals surface area contributed by atoms with Gasteiger partial charge in [0.15, 0.2) is 0 Å². The first-order chi connectivity index (χ1) is 14.6. The fourth-order valence-electron chi connectivity index (χ4n) is 3.49. The van der Waals surface area contributed by atoms with E-state index in [-0.39, 0.29) is 40.8 Å². The van der Waals surface area contributed by atoms with E-state index in [1.807, 2.05) is 0 Å². The first-order valence-electron chi connectivity index (χ1n) is 9.70. The maximum atomic E-state index is 13.2. The van der Waals surface area contributed by atoms with Gasteiger partial charge in [-0.05, 0) is 37.6 Å². The first kappa shape index (κ1) is 23.2. The SMILES string of the molecule is CC1CN(S(=O)(=O)c2cc(C(=O)NC(C(N)=O)c3ccccc3)ccc2Cl)CC(C)O1. The number of halogens is 1. The second-order valence-corrected chi connectivity index (χ2v) is 9.76. The molecule has 31 heavy (non-hydrogen) atoms. The molecule has 0 radical (unpaired) electrons. The van der Waals surface area contributed by atoms with Crippen molar-refractivity contribution in [3.05, 3.63) is 64.7 Å². The zero-order valence-electron chi connectivity index (χ0n) is 17.1. The summed E-state index contributed by atoms with van der Waals surface area (Å²) in [6.45, 7) is 3.93. The molecular weight excluding hydrogens is 442 g/mol. The highest BCUT2D eigenvalue weighted by atomic mass is 35.5. The molecule has 3 N–H and O–H groups in total. The molecule has 166 valence electrons. The van der Waals surface area contributed by atoms with Gasteiger partial charge in [0, 0.05) is 18.7 Å². The predicted octanol–water partition coefficient (Wildman–Crippen LogP) is 2.09. The Morgan fingerprint density at radius 2 is 1.74 bits per heavy atom. The number of carbonyl (C=O) groups is 2. The molecule has 0 aromatic heterocycles. The van der Waals surface area contributed by atoms with Crippen molar-refractivity contribution in [3.8, 4) is 0 Å². The minimum Gasteiger partial charge on any atom is -0.373 e. The third-order valence-electron chi connectivity index (χ3n) is 4.89. The predicted molar refractivity (Wildman–Crippen MR) is 116 cm³/mol. The van der Waals surface area contributed by atoms with Crippen LogP contribution in [0.25, 0.3) is 0 Å². The van der Waals surface area contributed by atoms with Crippen LogP contribution in [0.5, 0.6) is 0 Å². The molecule has 3 unspecified atom stereocenters. The van der Waals surface area contributed by atoms with E-state index in [2.05, 4.69) is 5.32 Å². The largest absolute Gasteiger partial charge is 0.373 e. The molecule has 2 aromatic carbocycles. The molecule has 1 aliphatic heterocycles. The lowest BCUT2D eigenvalue weighted by atomic mass is 10.1. The summed E-state index contributed by atoms with van der Waals surface area (Å²) < 4.78 is 33.3. The number of ether oxygens (including phenoxy) is 1. The van der Waals surface area contributed by atoms with E-state index >= 15 is 0 Å². The number of nitrogens with one attached hydrogen (secondary N) is 1. The van der Waals surface area contributed by atoms with Crippen molar-refractivity contribution >= 4 is 33.4 Å². The fourth-order valence-corrected chi connectivity index (χ4v) is 5.58. The zero-order chi connectivity index (χ0) is 22.8. The standard InChI is InChI=1S/C21H24ClN3O5S/c1-13-11-25(12-14(2)30-13)31(28,29)18-10-16(8-9-17(18)22)21(27)24-19(20(23)26)15-6-4-3-5-7-15/h3-10,13-14,19H,11-12H2,1-2H3,(H2,23,26)(H,24,27). The zero-order valence-corrected chi connectivity index (χ0v) is 18.7. The van der Waals surface area contributed by atoms with Gasteiger partial charge in [0.2, 0.25) is 15.9 Å². The van der Waals surface area contributed by atoms with Gasteiger partial charge in [0.05, 0.1) is 17.2 Å². The summed E-state index contributed by atoms with van der Waals surface area (Å²) in [4.78, 5) is 24.5. The van der Waals surface area contributed by atoms with E-state index in [1.165, 1.54) is 22.5 Å². The first-order valence-corrected chi connectivity index (χ1v) is 11.5. The number of morpholine rings is 1. The van der Waals surface area contributed by atoms with Crippen LogP contribution in [-0.2, 0) is 19.6 Å². The van der Waals surface area contributed by atoms with E-state index < -0.39 is 27.9 Å². The number of primary amides is 1. The summed E-state index contributed by atoms with van der Waals surface area (Å²) in [6.07, 6.45) is -0.544. The van der Waals surface area contributed by atoms with Crippen LogP contribution in [0.1, 0.15) is 35.8 Å². The average molecular weight is 466 g/mol. The second kappa shape index (κ2) is 9.35. The highest BCUT2D eigenvalue weighted by molar-refractivity contribution is 7.89. The van der Waals surface area contributed by atoms with E-state index in [9.17, 15) is 18.0 Å². The van der Waals surface area contributed by atoms with Crippen LogP contribution in [0.2, 0.25) is 5.02 Å². The van der Waals surface area contributed by atoms with E-state index in [0.29, 0.717) is 5.56 Å². The Hall–Kier alpha value is -2.46. The number of sulfonamides is 1. The summed E-state index contributed by atoms with van der Waals surface area (Å²) in [5, 5.41) is 2.55. The molecular formula is C21H24ClN3O5S. The number of hydrogen-bond donors (Lipinski definition) is 2. The number of nitrogens with zero attached hydrogens (tertiary/aromatic N) is 1. The van der Waals surface area contributed by atoms with Crippen LogP contribution in [0, 0.1) is 0 Å². The molecule has 10 heteroatoms. The van der Waals surface area contributed by atoms with Crippen molar-refractivity contribution in [2.75, 3.05) is 13.1 Å². The lowest BCUT2D eigenvalue weighted by Crippen LogP contribution is -2.48. The van der Waals surface area contributed by atoms with Crippen LogP contribution >= 0.6 is 11.6 Å². The number of rotatable bonds is 6. The van der Waals surface area contributed by atoms with Gasteiger partial charge in [-0.25, -0.2) is 8.42 Å². The second-order valence-electron chi connectivity index (χ2n) is 7.44. The van der Waals surface area contributed by atoms with Crippen molar-refractivity contribution < 1.29 is 22.7 Å². The number of amides is 2. The normalized spacial score (nSPS) is 20.7. The summed E-state index contributed by atoms with van der Waals surface area (Å²) in [5.41, 5.74) is 6.01. The van der Waals surface area contributed by atoms with Gasteiger partial charge in [-0.1, -0.05) is 41.9 Å². The molecule has 1 saturated heterocycles. The topological polar surface area (TPSA) is 119 Å². The van der Waals surface area contributed by atoms with Crippen LogP contribution in [0.3, 0.4) is 0 Å². The Balaban J connectivity index is 1.89. The molecule has 2 amide bonds. The number of benzene rings is 2. The maximum absolute atomic E-state index is 13.2. The lowest BCUT2D eigenvalue weighted by Gasteiger charge is -2.34.